The number of ether oxygens (including phenoxy) is 3. The molecule has 0 aromatic carbocycles. The van der Waals surface area contributed by atoms with E-state index in [0.29, 0.717) is 39.0 Å². The molecule has 8 heteroatoms. The van der Waals surface area contributed by atoms with E-state index in [1.165, 1.54) is 116 Å². The molecule has 1 rings (SSSR count). The lowest BCUT2D eigenvalue weighted by atomic mass is 10.0. The first-order chi connectivity index (χ1) is 28.8. The Hall–Kier alpha value is -1.67. The zero-order valence-electron chi connectivity index (χ0n) is 39.4. The predicted molar refractivity (Wildman–Crippen MR) is 246 cm³/mol. The summed E-state index contributed by atoms with van der Waals surface area (Å²) < 4.78 is 17.7. The number of hydrogen-bond donors (Lipinski definition) is 1. The van der Waals surface area contributed by atoms with Crippen LogP contribution >= 0.6 is 0 Å². The maximum absolute atomic E-state index is 13.0. The third-order valence-electron chi connectivity index (χ3n) is 12.4. The second-order valence-corrected chi connectivity index (χ2v) is 18.1. The van der Waals surface area contributed by atoms with Crippen LogP contribution in [-0.2, 0) is 28.6 Å². The van der Waals surface area contributed by atoms with Crippen LogP contribution in [0, 0.1) is 0 Å². The fraction of sp³-hybridized carbons (Fsp3) is 0.941. The summed E-state index contributed by atoms with van der Waals surface area (Å²) in [5, 5.41) is 10.4. The molecule has 0 aromatic heterocycles. The molecule has 0 bridgehead atoms. The van der Waals surface area contributed by atoms with E-state index in [1.807, 2.05) is 0 Å². The van der Waals surface area contributed by atoms with Crippen LogP contribution in [0.25, 0.3) is 0 Å². The molecule has 0 radical (unpaired) electrons. The Balaban J connectivity index is 2.27. The molecule has 1 heterocycles. The van der Waals surface area contributed by atoms with Crippen LogP contribution in [0.3, 0.4) is 0 Å². The number of esters is 3. The quantitative estimate of drug-likeness (QED) is 0.0368. The van der Waals surface area contributed by atoms with Crippen LogP contribution in [-0.4, -0.2) is 72.0 Å². The number of aliphatic hydroxyl groups is 1. The largest absolute Gasteiger partial charge is 0.465 e. The van der Waals surface area contributed by atoms with Crippen molar-refractivity contribution in [3.63, 3.8) is 0 Å². The molecule has 0 amide bonds. The SMILES string of the molecule is CCCCCCCCC(CCCCCC)OC(=O)CCCCCN1C[C@@H](O)C[C@H]1C(=O)OCCCCCCCC(=O)OC(CCCCCCCC)CCCCCCCC. The molecular weight excluding hydrogens is 739 g/mol. The van der Waals surface area contributed by atoms with Gasteiger partial charge in [0.25, 0.3) is 0 Å². The topological polar surface area (TPSA) is 102 Å². The van der Waals surface area contributed by atoms with Gasteiger partial charge in [0.2, 0.25) is 0 Å². The Labute approximate surface area is 364 Å². The minimum Gasteiger partial charge on any atom is -0.465 e. The Morgan fingerprint density at radius 3 is 1.29 bits per heavy atom. The van der Waals surface area contributed by atoms with Gasteiger partial charge in [0, 0.05) is 25.8 Å². The van der Waals surface area contributed by atoms with E-state index in [4.69, 9.17) is 14.2 Å². The summed E-state index contributed by atoms with van der Waals surface area (Å²) in [6.45, 7) is 10.6. The minimum atomic E-state index is -0.517. The molecular formula is C51H97NO7. The molecule has 1 saturated heterocycles. The van der Waals surface area contributed by atoms with Crippen molar-refractivity contribution in [3.05, 3.63) is 0 Å². The highest BCUT2D eigenvalue weighted by atomic mass is 16.5. The summed E-state index contributed by atoms with van der Waals surface area (Å²) in [5.41, 5.74) is 0. The van der Waals surface area contributed by atoms with Crippen molar-refractivity contribution >= 4 is 17.9 Å². The number of unbranched alkanes of at least 4 members (excludes halogenated alkanes) is 24. The number of likely N-dealkylation sites (tertiary alicyclic amines) is 1. The summed E-state index contributed by atoms with van der Waals surface area (Å²) in [4.78, 5) is 40.5. The van der Waals surface area contributed by atoms with E-state index in [2.05, 4.69) is 32.6 Å². The van der Waals surface area contributed by atoms with Crippen LogP contribution in [0.2, 0.25) is 0 Å². The molecule has 0 spiro atoms. The number of aliphatic hydroxyl groups excluding tert-OH is 1. The molecule has 1 N–H and O–H groups in total. The maximum Gasteiger partial charge on any atom is 0.323 e. The minimum absolute atomic E-state index is 0.0394. The summed E-state index contributed by atoms with van der Waals surface area (Å²) in [7, 11) is 0. The standard InChI is InChI=1S/C51H97NO7/c1-5-9-13-17-21-28-36-46(35-27-16-12-8-4)58-50(55)40-32-26-33-41-52-44-45(53)43-48(52)51(56)57-42-34-25-20-24-31-39-49(54)59-47(37-29-22-18-14-10-6-2)38-30-23-19-15-11-7-3/h45-48,53H,5-44H2,1-4H3/t45-,46?,48-/m0/s1. The molecule has 348 valence electrons. The van der Waals surface area contributed by atoms with Gasteiger partial charge in [-0.2, -0.15) is 0 Å². The number of hydrogen-bond acceptors (Lipinski definition) is 8. The highest BCUT2D eigenvalue weighted by Gasteiger charge is 2.36. The second-order valence-electron chi connectivity index (χ2n) is 18.1. The van der Waals surface area contributed by atoms with Gasteiger partial charge >= 0.3 is 17.9 Å². The monoisotopic (exact) mass is 836 g/mol. The Kier molecular flexibility index (Phi) is 37.9. The van der Waals surface area contributed by atoms with Crippen molar-refractivity contribution in [1.82, 2.24) is 4.90 Å². The molecule has 0 saturated carbocycles. The van der Waals surface area contributed by atoms with Crippen molar-refractivity contribution < 1.29 is 33.7 Å². The van der Waals surface area contributed by atoms with Crippen LogP contribution in [0.15, 0.2) is 0 Å². The van der Waals surface area contributed by atoms with E-state index >= 15 is 0 Å². The summed E-state index contributed by atoms with van der Waals surface area (Å²) in [5.74, 6) is -0.347. The smallest absolute Gasteiger partial charge is 0.323 e. The Morgan fingerprint density at radius 1 is 0.492 bits per heavy atom. The molecule has 0 aromatic rings. The summed E-state index contributed by atoms with van der Waals surface area (Å²) >= 11 is 0. The van der Waals surface area contributed by atoms with E-state index in [0.717, 1.165) is 103 Å². The van der Waals surface area contributed by atoms with Crippen LogP contribution in [0.5, 0.6) is 0 Å². The molecule has 59 heavy (non-hydrogen) atoms. The van der Waals surface area contributed by atoms with Gasteiger partial charge in [-0.3, -0.25) is 19.3 Å². The van der Waals surface area contributed by atoms with Gasteiger partial charge in [0.15, 0.2) is 0 Å². The van der Waals surface area contributed by atoms with E-state index < -0.39 is 12.1 Å². The predicted octanol–water partition coefficient (Wildman–Crippen LogP) is 13.9. The van der Waals surface area contributed by atoms with E-state index in [1.54, 1.807) is 0 Å². The van der Waals surface area contributed by atoms with Crippen molar-refractivity contribution in [2.24, 2.45) is 0 Å². The normalized spacial score (nSPS) is 16.2. The molecule has 3 atom stereocenters. The Bertz CT molecular complexity index is 960. The fourth-order valence-electron chi connectivity index (χ4n) is 8.57. The van der Waals surface area contributed by atoms with Crippen LogP contribution < -0.4 is 0 Å². The van der Waals surface area contributed by atoms with Crippen molar-refractivity contribution in [2.45, 2.75) is 290 Å². The van der Waals surface area contributed by atoms with Crippen molar-refractivity contribution in [1.29, 1.82) is 0 Å². The highest BCUT2D eigenvalue weighted by molar-refractivity contribution is 5.76. The molecule has 1 fully saturated rings. The second kappa shape index (κ2) is 40.4. The van der Waals surface area contributed by atoms with Crippen molar-refractivity contribution in [3.8, 4) is 0 Å². The lowest BCUT2D eigenvalue weighted by Crippen LogP contribution is -2.38. The molecule has 8 nitrogen and oxygen atoms in total. The molecule has 1 aliphatic rings. The summed E-state index contributed by atoms with van der Waals surface area (Å²) in [6, 6.07) is -0.401. The number of nitrogens with zero attached hydrogens (tertiary/aromatic N) is 1. The van der Waals surface area contributed by atoms with Crippen molar-refractivity contribution in [2.75, 3.05) is 19.7 Å². The first kappa shape index (κ1) is 55.3. The average molecular weight is 836 g/mol. The molecule has 1 aliphatic heterocycles. The lowest BCUT2D eigenvalue weighted by molar-refractivity contribution is -0.151. The van der Waals surface area contributed by atoms with Crippen LogP contribution in [0.4, 0.5) is 0 Å². The number of carbonyl (C=O) groups is 3. The summed E-state index contributed by atoms with van der Waals surface area (Å²) in [6.07, 6.45) is 39.5. The third kappa shape index (κ3) is 32.7. The first-order valence-electron chi connectivity index (χ1n) is 25.8. The van der Waals surface area contributed by atoms with Gasteiger partial charge in [0.05, 0.1) is 12.7 Å². The highest BCUT2D eigenvalue weighted by Crippen LogP contribution is 2.22. The van der Waals surface area contributed by atoms with Gasteiger partial charge < -0.3 is 19.3 Å². The lowest BCUT2D eigenvalue weighted by Gasteiger charge is -2.22. The average Bonchev–Trinajstić information content (AvgIpc) is 3.60. The maximum atomic E-state index is 13.0. The molecule has 0 aliphatic carbocycles. The third-order valence-corrected chi connectivity index (χ3v) is 12.4. The van der Waals surface area contributed by atoms with E-state index in [9.17, 15) is 19.5 Å². The van der Waals surface area contributed by atoms with Gasteiger partial charge in [-0.05, 0) is 83.6 Å². The Morgan fingerprint density at radius 2 is 0.847 bits per heavy atom. The number of β-amino-alcohol motifs (C(OH)–C–C–N with tert-alkyl or cyclic N) is 1. The van der Waals surface area contributed by atoms with E-state index in [-0.39, 0.29) is 30.1 Å². The number of rotatable bonds is 43. The van der Waals surface area contributed by atoms with Gasteiger partial charge in [-0.1, -0.05) is 169 Å². The fourth-order valence-corrected chi connectivity index (χ4v) is 8.57. The molecule has 1 unspecified atom stereocenters. The van der Waals surface area contributed by atoms with Gasteiger partial charge in [-0.15, -0.1) is 0 Å². The van der Waals surface area contributed by atoms with Crippen LogP contribution in [0.1, 0.15) is 265 Å². The zero-order valence-corrected chi connectivity index (χ0v) is 39.4. The zero-order chi connectivity index (χ0) is 43.0. The number of carbonyl (C=O) groups excluding carboxylic acids is 3. The van der Waals surface area contributed by atoms with Gasteiger partial charge in [-0.25, -0.2) is 0 Å². The van der Waals surface area contributed by atoms with Gasteiger partial charge in [0.1, 0.15) is 18.2 Å². The first-order valence-corrected chi connectivity index (χ1v) is 25.8.